The number of thioether (sulfide) groups is 1. The van der Waals surface area contributed by atoms with Gasteiger partial charge >= 0.3 is 12.0 Å². The average molecular weight is 498 g/mol. The summed E-state index contributed by atoms with van der Waals surface area (Å²) in [5.41, 5.74) is 1.16. The van der Waals surface area contributed by atoms with Crippen LogP contribution in [0.4, 0.5) is 4.79 Å². The van der Waals surface area contributed by atoms with E-state index < -0.39 is 24.5 Å². The fraction of sp³-hybridized carbons (Fsp3) is 0.385. The molecule has 2 aromatic carbocycles. The zero-order chi connectivity index (χ0) is 25.0. The second-order valence-corrected chi connectivity index (χ2v) is 9.39. The third-order valence-electron chi connectivity index (χ3n) is 5.86. The molecule has 0 unspecified atom stereocenters. The van der Waals surface area contributed by atoms with E-state index >= 15 is 0 Å². The van der Waals surface area contributed by atoms with Crippen LogP contribution in [0.1, 0.15) is 48.0 Å². The van der Waals surface area contributed by atoms with Crippen molar-refractivity contribution in [3.63, 3.8) is 0 Å². The molecule has 1 saturated carbocycles. The number of rotatable bonds is 9. The number of nitrogens with one attached hydrogen (secondary N) is 2. The molecule has 0 saturated heterocycles. The lowest BCUT2D eigenvalue weighted by Gasteiger charge is -2.31. The molecule has 2 N–H and O–H groups in total. The number of hydrogen-bond donors (Lipinski definition) is 2. The lowest BCUT2D eigenvalue weighted by molar-refractivity contribution is -0.129. The van der Waals surface area contributed by atoms with Gasteiger partial charge in [-0.25, -0.2) is 9.59 Å². The third kappa shape index (κ3) is 8.43. The number of carbonyl (C=O) groups is 4. The van der Waals surface area contributed by atoms with E-state index in [0.29, 0.717) is 4.90 Å². The van der Waals surface area contributed by atoms with Gasteiger partial charge in [-0.15, -0.1) is 11.8 Å². The van der Waals surface area contributed by atoms with E-state index in [1.165, 1.54) is 18.2 Å². The predicted molar refractivity (Wildman–Crippen MR) is 134 cm³/mol. The van der Waals surface area contributed by atoms with Crippen LogP contribution in [0.15, 0.2) is 59.5 Å². The summed E-state index contributed by atoms with van der Waals surface area (Å²) in [6.45, 7) is -0.334. The minimum atomic E-state index is -0.738. The average Bonchev–Trinajstić information content (AvgIpc) is 2.90. The molecule has 3 rings (SSSR count). The summed E-state index contributed by atoms with van der Waals surface area (Å²) in [7, 11) is 1.84. The number of carbonyl (C=O) groups excluding carboxylic acids is 4. The van der Waals surface area contributed by atoms with Crippen molar-refractivity contribution in [3.8, 4) is 0 Å². The first-order chi connectivity index (χ1) is 16.9. The second kappa shape index (κ2) is 13.5. The fourth-order valence-electron chi connectivity index (χ4n) is 3.87. The van der Waals surface area contributed by atoms with Crippen LogP contribution in [-0.4, -0.2) is 54.2 Å². The second-order valence-electron chi connectivity index (χ2n) is 8.37. The molecule has 0 heterocycles. The van der Waals surface area contributed by atoms with Gasteiger partial charge in [-0.2, -0.15) is 0 Å². The first kappa shape index (κ1) is 26.3. The molecule has 0 atom stereocenters. The minimum absolute atomic E-state index is 0.0194. The summed E-state index contributed by atoms with van der Waals surface area (Å²) >= 11 is 1.27. The van der Waals surface area contributed by atoms with Crippen LogP contribution in [0.25, 0.3) is 0 Å². The number of ether oxygens (including phenoxy) is 1. The summed E-state index contributed by atoms with van der Waals surface area (Å²) in [6.07, 6.45) is 5.57. The largest absolute Gasteiger partial charge is 0.452 e. The summed E-state index contributed by atoms with van der Waals surface area (Å²) in [5.74, 6) is -1.20. The van der Waals surface area contributed by atoms with Crippen LogP contribution in [-0.2, 0) is 20.9 Å². The van der Waals surface area contributed by atoms with Gasteiger partial charge in [-0.1, -0.05) is 61.7 Å². The molecule has 1 fully saturated rings. The molecule has 8 nitrogen and oxygen atoms in total. The first-order valence-electron chi connectivity index (χ1n) is 11.7. The van der Waals surface area contributed by atoms with E-state index in [0.717, 1.165) is 31.2 Å². The lowest BCUT2D eigenvalue weighted by atomic mass is 9.94. The van der Waals surface area contributed by atoms with E-state index in [-0.39, 0.29) is 29.8 Å². The standard InChI is InChI=1S/C26H31N3O5S/c1-29(20-12-6-3-7-13-20)24(31)18-35-22-15-9-8-14-21(22)25(32)34-17-23(30)28-26(33)27-16-19-10-4-2-5-11-19/h2,4-5,8-11,14-15,20H,3,6-7,12-13,16-18H2,1H3,(H2,27,28,30,33). The van der Waals surface area contributed by atoms with Gasteiger partial charge in [-0.3, -0.25) is 14.9 Å². The van der Waals surface area contributed by atoms with E-state index in [1.54, 1.807) is 24.3 Å². The Labute approximate surface area is 209 Å². The highest BCUT2D eigenvalue weighted by Crippen LogP contribution is 2.26. The Morgan fingerprint density at radius 3 is 2.40 bits per heavy atom. The van der Waals surface area contributed by atoms with Crippen molar-refractivity contribution in [2.45, 2.75) is 49.6 Å². The highest BCUT2D eigenvalue weighted by molar-refractivity contribution is 8.00. The molecule has 0 aliphatic heterocycles. The topological polar surface area (TPSA) is 105 Å². The summed E-state index contributed by atoms with van der Waals surface area (Å²) in [4.78, 5) is 51.6. The van der Waals surface area contributed by atoms with Crippen LogP contribution in [0.2, 0.25) is 0 Å². The van der Waals surface area contributed by atoms with Crippen molar-refractivity contribution >= 4 is 35.6 Å². The molecular formula is C26H31N3O5S. The Bertz CT molecular complexity index is 1020. The highest BCUT2D eigenvalue weighted by atomic mass is 32.2. The highest BCUT2D eigenvalue weighted by Gasteiger charge is 2.23. The molecule has 9 heteroatoms. The van der Waals surface area contributed by atoms with Crippen LogP contribution >= 0.6 is 11.8 Å². The number of amides is 4. The molecule has 1 aliphatic carbocycles. The van der Waals surface area contributed by atoms with Crippen LogP contribution in [0.5, 0.6) is 0 Å². The van der Waals surface area contributed by atoms with Gasteiger partial charge < -0.3 is 15.0 Å². The lowest BCUT2D eigenvalue weighted by Crippen LogP contribution is -2.41. The Morgan fingerprint density at radius 1 is 0.971 bits per heavy atom. The molecule has 2 aromatic rings. The van der Waals surface area contributed by atoms with Crippen molar-refractivity contribution in [2.24, 2.45) is 0 Å². The fourth-order valence-corrected chi connectivity index (χ4v) is 4.83. The molecule has 0 aromatic heterocycles. The normalized spacial score (nSPS) is 13.5. The van der Waals surface area contributed by atoms with Crippen LogP contribution < -0.4 is 10.6 Å². The van der Waals surface area contributed by atoms with Crippen molar-refractivity contribution in [2.75, 3.05) is 19.4 Å². The van der Waals surface area contributed by atoms with E-state index in [4.69, 9.17) is 4.74 Å². The number of urea groups is 1. The maximum atomic E-state index is 12.7. The van der Waals surface area contributed by atoms with Crippen molar-refractivity contribution < 1.29 is 23.9 Å². The quantitative estimate of drug-likeness (QED) is 0.404. The zero-order valence-electron chi connectivity index (χ0n) is 19.8. The molecule has 0 bridgehead atoms. The van der Waals surface area contributed by atoms with Gasteiger partial charge in [0.05, 0.1) is 11.3 Å². The maximum absolute atomic E-state index is 12.7. The first-order valence-corrected chi connectivity index (χ1v) is 12.7. The van der Waals surface area contributed by atoms with Gasteiger partial charge in [0.1, 0.15) is 0 Å². The monoisotopic (exact) mass is 497 g/mol. The van der Waals surface area contributed by atoms with Crippen LogP contribution in [0.3, 0.4) is 0 Å². The predicted octanol–water partition coefficient (Wildman–Crippen LogP) is 3.75. The van der Waals surface area contributed by atoms with E-state index in [9.17, 15) is 19.2 Å². The van der Waals surface area contributed by atoms with Crippen LogP contribution in [0, 0.1) is 0 Å². The third-order valence-corrected chi connectivity index (χ3v) is 6.92. The Hall–Kier alpha value is -3.33. The Morgan fingerprint density at radius 2 is 1.66 bits per heavy atom. The molecule has 0 spiro atoms. The minimum Gasteiger partial charge on any atom is -0.452 e. The van der Waals surface area contributed by atoms with Gasteiger partial charge in [-0.05, 0) is 30.5 Å². The molecule has 4 amide bonds. The smallest absolute Gasteiger partial charge is 0.339 e. The van der Waals surface area contributed by atoms with Gasteiger partial charge in [0.15, 0.2) is 6.61 Å². The van der Waals surface area contributed by atoms with Gasteiger partial charge in [0.25, 0.3) is 5.91 Å². The molecule has 0 radical (unpaired) electrons. The maximum Gasteiger partial charge on any atom is 0.339 e. The SMILES string of the molecule is CN(C(=O)CSc1ccccc1C(=O)OCC(=O)NC(=O)NCc1ccccc1)C1CCCCC1. The summed E-state index contributed by atoms with van der Waals surface area (Å²) < 4.78 is 5.10. The van der Waals surface area contributed by atoms with Crippen molar-refractivity contribution in [1.82, 2.24) is 15.5 Å². The number of imide groups is 1. The number of benzene rings is 2. The summed E-state index contributed by atoms with van der Waals surface area (Å²) in [6, 6.07) is 15.7. The van der Waals surface area contributed by atoms with E-state index in [1.807, 2.05) is 42.3 Å². The molecule has 1 aliphatic rings. The Kier molecular flexibility index (Phi) is 10.2. The zero-order valence-corrected chi connectivity index (χ0v) is 20.6. The van der Waals surface area contributed by atoms with Crippen molar-refractivity contribution in [3.05, 3.63) is 65.7 Å². The molecule has 35 heavy (non-hydrogen) atoms. The van der Waals surface area contributed by atoms with Crippen molar-refractivity contribution in [1.29, 1.82) is 0 Å². The molecule has 186 valence electrons. The number of esters is 1. The molecular weight excluding hydrogens is 466 g/mol. The number of hydrogen-bond acceptors (Lipinski definition) is 6. The van der Waals surface area contributed by atoms with Gasteiger partial charge in [0.2, 0.25) is 5.91 Å². The van der Waals surface area contributed by atoms with Gasteiger partial charge in [0, 0.05) is 24.5 Å². The summed E-state index contributed by atoms with van der Waals surface area (Å²) in [5, 5.41) is 4.70. The van der Waals surface area contributed by atoms with E-state index in [2.05, 4.69) is 10.6 Å². The number of nitrogens with zero attached hydrogens (tertiary/aromatic N) is 1. The Balaban J connectivity index is 1.45.